The zero-order valence-electron chi connectivity index (χ0n) is 14.1. The summed E-state index contributed by atoms with van der Waals surface area (Å²) in [7, 11) is 3.01. The van der Waals surface area contributed by atoms with Gasteiger partial charge >= 0.3 is 5.69 Å². The van der Waals surface area contributed by atoms with Gasteiger partial charge < -0.3 is 10.7 Å². The SMILES string of the molecule is Cn1c(=O)c2[nH]c(-n3cc(C4CCCCC4N)nn3)nc2n(C)c1=O. The van der Waals surface area contributed by atoms with Gasteiger partial charge in [0, 0.05) is 26.1 Å². The molecular formula is C15H20N8O2. The average molecular weight is 344 g/mol. The number of nitrogens with one attached hydrogen (secondary N) is 1. The summed E-state index contributed by atoms with van der Waals surface area (Å²) in [5.74, 6) is 0.528. The Morgan fingerprint density at radius 3 is 2.72 bits per heavy atom. The molecule has 0 aromatic carbocycles. The standard InChI is InChI=1S/C15H20N8O2/c1-21-12-11(13(24)22(2)15(21)25)17-14(18-12)23-7-10(19-20-23)8-5-3-4-6-9(8)16/h7-9H,3-6,16H2,1-2H3,(H,17,18). The Morgan fingerprint density at radius 2 is 1.96 bits per heavy atom. The average Bonchev–Trinajstić information content (AvgIpc) is 3.25. The number of aryl methyl sites for hydroxylation is 1. The van der Waals surface area contributed by atoms with Crippen LogP contribution in [0.1, 0.15) is 37.3 Å². The summed E-state index contributed by atoms with van der Waals surface area (Å²) in [5, 5.41) is 8.35. The second kappa shape index (κ2) is 5.66. The molecule has 1 fully saturated rings. The minimum atomic E-state index is -0.428. The van der Waals surface area contributed by atoms with Crippen LogP contribution in [0.3, 0.4) is 0 Å². The maximum Gasteiger partial charge on any atom is 0.332 e. The first-order valence-electron chi connectivity index (χ1n) is 8.31. The van der Waals surface area contributed by atoms with Gasteiger partial charge in [-0.25, -0.2) is 4.79 Å². The maximum absolute atomic E-state index is 12.3. The first-order chi connectivity index (χ1) is 12.0. The van der Waals surface area contributed by atoms with Crippen molar-refractivity contribution >= 4 is 11.2 Å². The molecule has 25 heavy (non-hydrogen) atoms. The number of nitrogens with zero attached hydrogens (tertiary/aromatic N) is 6. The molecule has 132 valence electrons. The molecule has 2 unspecified atom stereocenters. The summed E-state index contributed by atoms with van der Waals surface area (Å²) in [5.41, 5.74) is 6.73. The Hall–Kier alpha value is -2.75. The molecule has 10 heteroatoms. The van der Waals surface area contributed by atoms with Crippen LogP contribution in [0, 0.1) is 0 Å². The van der Waals surface area contributed by atoms with E-state index in [1.807, 2.05) is 0 Å². The zero-order valence-corrected chi connectivity index (χ0v) is 14.1. The highest BCUT2D eigenvalue weighted by molar-refractivity contribution is 5.71. The monoisotopic (exact) mass is 344 g/mol. The molecule has 3 heterocycles. The fourth-order valence-corrected chi connectivity index (χ4v) is 3.50. The molecule has 2 atom stereocenters. The quantitative estimate of drug-likeness (QED) is 0.646. The van der Waals surface area contributed by atoms with Crippen LogP contribution in [0.5, 0.6) is 0 Å². The summed E-state index contributed by atoms with van der Waals surface area (Å²) >= 11 is 0. The number of hydrogen-bond donors (Lipinski definition) is 2. The molecule has 1 saturated carbocycles. The smallest absolute Gasteiger partial charge is 0.327 e. The van der Waals surface area contributed by atoms with E-state index in [1.165, 1.54) is 16.3 Å². The number of aromatic amines is 1. The van der Waals surface area contributed by atoms with Crippen LogP contribution in [-0.4, -0.2) is 40.1 Å². The van der Waals surface area contributed by atoms with Gasteiger partial charge in [-0.2, -0.15) is 9.67 Å². The zero-order chi connectivity index (χ0) is 17.7. The predicted octanol–water partition coefficient (Wildman–Crippen LogP) is -0.474. The van der Waals surface area contributed by atoms with Gasteiger partial charge in [-0.05, 0) is 12.8 Å². The molecule has 3 N–H and O–H groups in total. The van der Waals surface area contributed by atoms with Crippen LogP contribution >= 0.6 is 0 Å². The summed E-state index contributed by atoms with van der Waals surface area (Å²) in [6.07, 6.45) is 6.05. The van der Waals surface area contributed by atoms with Gasteiger partial charge in [0.2, 0.25) is 5.95 Å². The molecule has 0 radical (unpaired) electrons. The molecule has 3 aromatic rings. The molecule has 4 rings (SSSR count). The molecule has 1 aliphatic carbocycles. The molecule has 0 bridgehead atoms. The fourth-order valence-electron chi connectivity index (χ4n) is 3.50. The lowest BCUT2D eigenvalue weighted by molar-refractivity contribution is 0.379. The number of nitrogens with two attached hydrogens (primary N) is 1. The Morgan fingerprint density at radius 1 is 1.20 bits per heavy atom. The number of H-pyrrole nitrogens is 1. The molecule has 0 saturated heterocycles. The Labute approximate surface area is 142 Å². The number of aromatic nitrogens is 7. The molecule has 1 aliphatic rings. The van der Waals surface area contributed by atoms with E-state index in [9.17, 15) is 9.59 Å². The largest absolute Gasteiger partial charge is 0.332 e. The highest BCUT2D eigenvalue weighted by Gasteiger charge is 2.26. The molecular weight excluding hydrogens is 324 g/mol. The Bertz CT molecular complexity index is 1060. The van der Waals surface area contributed by atoms with Gasteiger partial charge in [0.1, 0.15) is 0 Å². The highest BCUT2D eigenvalue weighted by Crippen LogP contribution is 2.30. The fraction of sp³-hybridized carbons (Fsp3) is 0.533. The first kappa shape index (κ1) is 15.8. The number of fused-ring (bicyclic) bond motifs is 1. The number of hydrogen-bond acceptors (Lipinski definition) is 6. The van der Waals surface area contributed by atoms with Crippen LogP contribution < -0.4 is 17.0 Å². The number of imidazole rings is 1. The van der Waals surface area contributed by atoms with Crippen LogP contribution in [0.25, 0.3) is 17.1 Å². The predicted molar refractivity (Wildman–Crippen MR) is 90.7 cm³/mol. The van der Waals surface area contributed by atoms with Crippen molar-refractivity contribution in [3.63, 3.8) is 0 Å². The normalized spacial score (nSPS) is 21.1. The third-order valence-corrected chi connectivity index (χ3v) is 5.01. The van der Waals surface area contributed by atoms with Gasteiger partial charge in [0.05, 0.1) is 11.9 Å². The molecule has 10 nitrogen and oxygen atoms in total. The van der Waals surface area contributed by atoms with Crippen molar-refractivity contribution in [2.75, 3.05) is 0 Å². The van der Waals surface area contributed by atoms with Crippen molar-refractivity contribution in [1.82, 2.24) is 34.1 Å². The van der Waals surface area contributed by atoms with E-state index in [4.69, 9.17) is 5.73 Å². The highest BCUT2D eigenvalue weighted by atomic mass is 16.2. The van der Waals surface area contributed by atoms with Crippen LogP contribution in [0.15, 0.2) is 15.8 Å². The van der Waals surface area contributed by atoms with Crippen molar-refractivity contribution in [2.24, 2.45) is 19.8 Å². The Kier molecular flexibility index (Phi) is 3.57. The topological polar surface area (TPSA) is 129 Å². The Balaban J connectivity index is 1.78. The third-order valence-electron chi connectivity index (χ3n) is 5.01. The molecule has 0 aliphatic heterocycles. The van der Waals surface area contributed by atoms with Crippen LogP contribution in [0.2, 0.25) is 0 Å². The van der Waals surface area contributed by atoms with E-state index in [2.05, 4.69) is 20.3 Å². The van der Waals surface area contributed by atoms with E-state index >= 15 is 0 Å². The van der Waals surface area contributed by atoms with Crippen LogP contribution in [-0.2, 0) is 14.1 Å². The van der Waals surface area contributed by atoms with E-state index < -0.39 is 11.2 Å². The summed E-state index contributed by atoms with van der Waals surface area (Å²) in [6, 6.07) is 0.0858. The maximum atomic E-state index is 12.3. The first-order valence-corrected chi connectivity index (χ1v) is 8.31. The van der Waals surface area contributed by atoms with Crippen molar-refractivity contribution in [3.8, 4) is 5.95 Å². The van der Waals surface area contributed by atoms with Crippen LogP contribution in [0.4, 0.5) is 0 Å². The van der Waals surface area contributed by atoms with Crippen molar-refractivity contribution in [2.45, 2.75) is 37.6 Å². The molecule has 3 aromatic heterocycles. The minimum Gasteiger partial charge on any atom is -0.327 e. The van der Waals surface area contributed by atoms with E-state index in [-0.39, 0.29) is 23.1 Å². The van der Waals surface area contributed by atoms with E-state index in [0.29, 0.717) is 5.95 Å². The van der Waals surface area contributed by atoms with Gasteiger partial charge in [-0.3, -0.25) is 13.9 Å². The van der Waals surface area contributed by atoms with Gasteiger partial charge in [0.25, 0.3) is 5.56 Å². The van der Waals surface area contributed by atoms with Gasteiger partial charge in [-0.15, -0.1) is 5.10 Å². The second-order valence-electron chi connectivity index (χ2n) is 6.61. The van der Waals surface area contributed by atoms with Gasteiger partial charge in [0.15, 0.2) is 11.2 Å². The summed E-state index contributed by atoms with van der Waals surface area (Å²) in [4.78, 5) is 31.6. The van der Waals surface area contributed by atoms with Gasteiger partial charge in [-0.1, -0.05) is 18.1 Å². The second-order valence-corrected chi connectivity index (χ2v) is 6.61. The van der Waals surface area contributed by atoms with E-state index in [0.717, 1.165) is 35.9 Å². The molecule has 0 amide bonds. The number of rotatable bonds is 2. The molecule has 0 spiro atoms. The van der Waals surface area contributed by atoms with Crippen molar-refractivity contribution in [1.29, 1.82) is 0 Å². The minimum absolute atomic E-state index is 0.0858. The lowest BCUT2D eigenvalue weighted by Crippen LogP contribution is -2.36. The lowest BCUT2D eigenvalue weighted by atomic mass is 9.83. The lowest BCUT2D eigenvalue weighted by Gasteiger charge is -2.26. The van der Waals surface area contributed by atoms with Crippen molar-refractivity contribution < 1.29 is 0 Å². The summed E-state index contributed by atoms with van der Waals surface area (Å²) < 4.78 is 3.85. The summed E-state index contributed by atoms with van der Waals surface area (Å²) in [6.45, 7) is 0. The van der Waals surface area contributed by atoms with E-state index in [1.54, 1.807) is 13.2 Å². The van der Waals surface area contributed by atoms with Crippen molar-refractivity contribution in [3.05, 3.63) is 32.7 Å². The third kappa shape index (κ3) is 2.40.